The largest absolute Gasteiger partial charge is 0.336 e. The predicted octanol–water partition coefficient (Wildman–Crippen LogP) is 2.22. The van der Waals surface area contributed by atoms with Gasteiger partial charge in [-0.05, 0) is 12.5 Å². The Kier molecular flexibility index (Phi) is 2.35. The van der Waals surface area contributed by atoms with Crippen molar-refractivity contribution in [2.45, 2.75) is 13.5 Å². The maximum Gasteiger partial charge on any atom is 0.234 e. The first-order valence-corrected chi connectivity index (χ1v) is 5.12. The van der Waals surface area contributed by atoms with Crippen LogP contribution < -0.4 is 0 Å². The van der Waals surface area contributed by atoms with Gasteiger partial charge in [-0.25, -0.2) is 0 Å². The quantitative estimate of drug-likeness (QED) is 0.542. The van der Waals surface area contributed by atoms with Gasteiger partial charge in [0.2, 0.25) is 5.91 Å². The number of nitrogens with zero attached hydrogens (tertiary/aromatic N) is 1. The van der Waals surface area contributed by atoms with E-state index in [0.717, 1.165) is 6.54 Å². The van der Waals surface area contributed by atoms with E-state index in [1.54, 1.807) is 6.08 Å². The van der Waals surface area contributed by atoms with Crippen LogP contribution in [0.4, 0.5) is 0 Å². The van der Waals surface area contributed by atoms with Crippen molar-refractivity contribution in [1.29, 1.82) is 0 Å². The summed E-state index contributed by atoms with van der Waals surface area (Å²) in [4.78, 5) is 13.6. The summed E-state index contributed by atoms with van der Waals surface area (Å²) < 4.78 is 0. The number of carbonyl (C=O) groups is 1. The van der Waals surface area contributed by atoms with Crippen molar-refractivity contribution in [3.05, 3.63) is 48.6 Å². The summed E-state index contributed by atoms with van der Waals surface area (Å²) in [7, 11) is 0. The molecule has 1 fully saturated rings. The van der Waals surface area contributed by atoms with Crippen molar-refractivity contribution in [2.75, 3.05) is 6.54 Å². The van der Waals surface area contributed by atoms with E-state index in [2.05, 4.69) is 6.58 Å². The number of hydrogen-bond donors (Lipinski definition) is 0. The zero-order valence-electron chi connectivity index (χ0n) is 8.94. The first-order chi connectivity index (χ1) is 7.15. The van der Waals surface area contributed by atoms with E-state index in [-0.39, 0.29) is 11.3 Å². The van der Waals surface area contributed by atoms with E-state index in [0.29, 0.717) is 6.54 Å². The van der Waals surface area contributed by atoms with Crippen LogP contribution in [0.25, 0.3) is 0 Å². The molecule has 1 aliphatic rings. The molecule has 1 unspecified atom stereocenters. The standard InChI is InChI=1S/C13H15NO/c1-3-13(2)10-14(12(13)15)9-11-7-5-4-6-8-11/h3-8H,1,9-10H2,2H3. The molecule has 0 bridgehead atoms. The third-order valence-corrected chi connectivity index (χ3v) is 2.96. The Morgan fingerprint density at radius 2 is 2.13 bits per heavy atom. The Morgan fingerprint density at radius 3 is 2.67 bits per heavy atom. The van der Waals surface area contributed by atoms with Gasteiger partial charge in [0.1, 0.15) is 0 Å². The minimum absolute atomic E-state index is 0.182. The number of benzene rings is 1. The SMILES string of the molecule is C=CC1(C)CN(Cc2ccccc2)C1=O. The molecular formula is C13H15NO. The Labute approximate surface area is 90.2 Å². The minimum atomic E-state index is -0.325. The van der Waals surface area contributed by atoms with Crippen LogP contribution in [0.5, 0.6) is 0 Å². The van der Waals surface area contributed by atoms with Crippen molar-refractivity contribution in [2.24, 2.45) is 5.41 Å². The molecule has 1 aliphatic heterocycles. The lowest BCUT2D eigenvalue weighted by Crippen LogP contribution is -2.58. The Bertz CT molecular complexity index is 385. The zero-order valence-corrected chi connectivity index (χ0v) is 8.94. The molecule has 1 heterocycles. The molecule has 78 valence electrons. The normalized spacial score (nSPS) is 24.9. The van der Waals surface area contributed by atoms with Crippen LogP contribution in [0, 0.1) is 5.41 Å². The molecule has 1 amide bonds. The van der Waals surface area contributed by atoms with Gasteiger partial charge in [0.05, 0.1) is 5.41 Å². The van der Waals surface area contributed by atoms with Crippen molar-refractivity contribution in [1.82, 2.24) is 4.90 Å². The van der Waals surface area contributed by atoms with Crippen LogP contribution in [-0.4, -0.2) is 17.4 Å². The summed E-state index contributed by atoms with van der Waals surface area (Å²) in [5.41, 5.74) is 0.853. The highest BCUT2D eigenvalue weighted by Gasteiger charge is 2.45. The molecule has 0 aliphatic carbocycles. The second-order valence-electron chi connectivity index (χ2n) is 4.27. The molecule has 1 atom stereocenters. The topological polar surface area (TPSA) is 20.3 Å². The Morgan fingerprint density at radius 1 is 1.47 bits per heavy atom. The Balaban J connectivity index is 2.01. The summed E-state index contributed by atoms with van der Waals surface area (Å²) in [5.74, 6) is 0.182. The first kappa shape index (κ1) is 9.97. The van der Waals surface area contributed by atoms with Crippen LogP contribution in [-0.2, 0) is 11.3 Å². The number of hydrogen-bond acceptors (Lipinski definition) is 1. The monoisotopic (exact) mass is 201 g/mol. The second kappa shape index (κ2) is 3.54. The summed E-state index contributed by atoms with van der Waals surface area (Å²) in [6.07, 6.45) is 1.75. The van der Waals surface area contributed by atoms with Crippen LogP contribution in [0.15, 0.2) is 43.0 Å². The van der Waals surface area contributed by atoms with Gasteiger partial charge >= 0.3 is 0 Å². The molecule has 2 nitrogen and oxygen atoms in total. The fraction of sp³-hybridized carbons (Fsp3) is 0.308. The van der Waals surface area contributed by atoms with Gasteiger partial charge in [-0.1, -0.05) is 36.4 Å². The molecule has 1 aromatic carbocycles. The molecule has 2 rings (SSSR count). The summed E-state index contributed by atoms with van der Waals surface area (Å²) in [5, 5.41) is 0. The van der Waals surface area contributed by atoms with E-state index >= 15 is 0 Å². The molecule has 0 N–H and O–H groups in total. The second-order valence-corrected chi connectivity index (χ2v) is 4.27. The van der Waals surface area contributed by atoms with Crippen LogP contribution in [0.1, 0.15) is 12.5 Å². The molecule has 15 heavy (non-hydrogen) atoms. The van der Waals surface area contributed by atoms with Gasteiger partial charge in [-0.2, -0.15) is 0 Å². The molecule has 0 aromatic heterocycles. The molecule has 1 saturated heterocycles. The average molecular weight is 201 g/mol. The van der Waals surface area contributed by atoms with E-state index in [4.69, 9.17) is 0 Å². The summed E-state index contributed by atoms with van der Waals surface area (Å²) >= 11 is 0. The number of rotatable bonds is 3. The van der Waals surface area contributed by atoms with Gasteiger partial charge in [0.15, 0.2) is 0 Å². The van der Waals surface area contributed by atoms with E-state index < -0.39 is 0 Å². The minimum Gasteiger partial charge on any atom is -0.336 e. The van der Waals surface area contributed by atoms with Gasteiger partial charge in [-0.15, -0.1) is 6.58 Å². The highest BCUT2D eigenvalue weighted by Crippen LogP contribution is 2.33. The smallest absolute Gasteiger partial charge is 0.234 e. The summed E-state index contributed by atoms with van der Waals surface area (Å²) in [6, 6.07) is 10.0. The highest BCUT2D eigenvalue weighted by molar-refractivity contribution is 5.90. The van der Waals surface area contributed by atoms with E-state index in [9.17, 15) is 4.79 Å². The lowest BCUT2D eigenvalue weighted by Gasteiger charge is -2.45. The predicted molar refractivity (Wildman–Crippen MR) is 60.2 cm³/mol. The lowest BCUT2D eigenvalue weighted by molar-refractivity contribution is -0.154. The summed E-state index contributed by atoms with van der Waals surface area (Å²) in [6.45, 7) is 7.13. The number of carbonyl (C=O) groups excluding carboxylic acids is 1. The molecule has 1 aromatic rings. The third-order valence-electron chi connectivity index (χ3n) is 2.96. The number of β-lactam (4-membered cyclic amide) rings is 1. The first-order valence-electron chi connectivity index (χ1n) is 5.12. The van der Waals surface area contributed by atoms with Gasteiger partial charge in [0.25, 0.3) is 0 Å². The fourth-order valence-electron chi connectivity index (χ4n) is 1.89. The third kappa shape index (κ3) is 1.67. The molecular weight excluding hydrogens is 186 g/mol. The molecule has 2 heteroatoms. The maximum absolute atomic E-state index is 11.8. The van der Waals surface area contributed by atoms with Crippen LogP contribution in [0.2, 0.25) is 0 Å². The van der Waals surface area contributed by atoms with Crippen LogP contribution in [0.3, 0.4) is 0 Å². The zero-order chi connectivity index (χ0) is 10.9. The maximum atomic E-state index is 11.8. The van der Waals surface area contributed by atoms with Crippen molar-refractivity contribution in [3.63, 3.8) is 0 Å². The number of amides is 1. The lowest BCUT2D eigenvalue weighted by atomic mass is 9.81. The van der Waals surface area contributed by atoms with E-state index in [1.165, 1.54) is 5.56 Å². The van der Waals surface area contributed by atoms with Crippen LogP contribution >= 0.6 is 0 Å². The highest BCUT2D eigenvalue weighted by atomic mass is 16.2. The average Bonchev–Trinajstić information content (AvgIpc) is 2.29. The Hall–Kier alpha value is -1.57. The fourth-order valence-corrected chi connectivity index (χ4v) is 1.89. The van der Waals surface area contributed by atoms with Crippen molar-refractivity contribution >= 4 is 5.91 Å². The molecule has 0 saturated carbocycles. The van der Waals surface area contributed by atoms with E-state index in [1.807, 2.05) is 42.2 Å². The van der Waals surface area contributed by atoms with Crippen molar-refractivity contribution < 1.29 is 4.79 Å². The molecule has 0 spiro atoms. The van der Waals surface area contributed by atoms with Gasteiger partial charge in [-0.3, -0.25) is 4.79 Å². The molecule has 0 radical (unpaired) electrons. The number of likely N-dealkylation sites (tertiary alicyclic amines) is 1. The van der Waals surface area contributed by atoms with Crippen molar-refractivity contribution in [3.8, 4) is 0 Å². The van der Waals surface area contributed by atoms with Gasteiger partial charge < -0.3 is 4.90 Å². The van der Waals surface area contributed by atoms with Gasteiger partial charge in [0, 0.05) is 13.1 Å².